The largest absolute Gasteiger partial charge is 0.506 e. The molecule has 8 nitrogen and oxygen atoms in total. The molecule has 0 radical (unpaired) electrons. The van der Waals surface area contributed by atoms with Crippen LogP contribution in [0.1, 0.15) is 10.4 Å². The number of aromatic hydroxyl groups is 3. The topological polar surface area (TPSA) is 128 Å². The van der Waals surface area contributed by atoms with E-state index in [2.05, 4.69) is 13.9 Å². The first-order valence-electron chi connectivity index (χ1n) is 6.25. The highest BCUT2D eigenvalue weighted by Crippen LogP contribution is 2.29. The summed E-state index contributed by atoms with van der Waals surface area (Å²) in [6, 6.07) is 7.62. The zero-order chi connectivity index (χ0) is 17.0. The highest BCUT2D eigenvalue weighted by Gasteiger charge is 2.10. The number of anilines is 1. The zero-order valence-corrected chi connectivity index (χ0v) is 12.7. The van der Waals surface area contributed by atoms with Crippen molar-refractivity contribution < 1.29 is 28.5 Å². The molecule has 0 aliphatic carbocycles. The van der Waals surface area contributed by atoms with E-state index in [1.54, 1.807) is 0 Å². The van der Waals surface area contributed by atoms with Gasteiger partial charge in [0.25, 0.3) is 5.91 Å². The minimum atomic E-state index is -1.98. The number of nitrogens with one attached hydrogen (secondary N) is 1. The molecule has 122 valence electrons. The molecule has 0 unspecified atom stereocenters. The molecule has 9 heteroatoms. The summed E-state index contributed by atoms with van der Waals surface area (Å²) < 4.78 is 19.3. The number of benzene rings is 2. The molecule has 0 fully saturated rings. The smallest absolute Gasteiger partial charge is 0.255 e. The van der Waals surface area contributed by atoms with Crippen LogP contribution in [0, 0.1) is 0 Å². The molecular formula is C14H13N2O6S-. The maximum atomic E-state index is 12.1. The molecule has 0 saturated carbocycles. The number of nitrogens with zero attached hydrogens (tertiary/aromatic N) is 1. The Kier molecular flexibility index (Phi) is 5.04. The Morgan fingerprint density at radius 3 is 2.43 bits per heavy atom. The molecule has 0 bridgehead atoms. The van der Waals surface area contributed by atoms with Crippen molar-refractivity contribution in [3.63, 3.8) is 0 Å². The van der Waals surface area contributed by atoms with Crippen molar-refractivity contribution in [1.82, 2.24) is 0 Å². The predicted octanol–water partition coefficient (Wildman–Crippen LogP) is 2.40. The van der Waals surface area contributed by atoms with Gasteiger partial charge in [-0.25, -0.2) is 0 Å². The summed E-state index contributed by atoms with van der Waals surface area (Å²) in [7, 11) is -0.796. The molecule has 2 aromatic rings. The summed E-state index contributed by atoms with van der Waals surface area (Å²) in [5.74, 6) is -1.49. The SMILES string of the molecule is CO[S-](=O)=Nc1cc(C(=O)Nc2ccc(O)c(O)c2)ccc1O. The third-order valence-electron chi connectivity index (χ3n) is 2.79. The first-order chi connectivity index (χ1) is 10.9. The molecule has 4 N–H and O–H groups in total. The Bertz CT molecular complexity index is 830. The van der Waals surface area contributed by atoms with Gasteiger partial charge < -0.3 is 33.4 Å². The molecule has 0 atom stereocenters. The van der Waals surface area contributed by atoms with Gasteiger partial charge in [0, 0.05) is 24.4 Å². The number of amides is 1. The third kappa shape index (κ3) is 4.11. The van der Waals surface area contributed by atoms with Crippen LogP contribution in [0.3, 0.4) is 0 Å². The molecule has 2 rings (SSSR count). The maximum absolute atomic E-state index is 12.1. The van der Waals surface area contributed by atoms with Crippen LogP contribution in [-0.2, 0) is 19.3 Å². The van der Waals surface area contributed by atoms with E-state index in [1.807, 2.05) is 0 Å². The molecule has 2 aromatic carbocycles. The molecule has 0 aliphatic heterocycles. The highest BCUT2D eigenvalue weighted by atomic mass is 32.2. The molecule has 0 spiro atoms. The predicted molar refractivity (Wildman–Crippen MR) is 83.0 cm³/mol. The van der Waals surface area contributed by atoms with Gasteiger partial charge >= 0.3 is 0 Å². The fraction of sp³-hybridized carbons (Fsp3) is 0.0714. The quantitative estimate of drug-likeness (QED) is 0.385. The van der Waals surface area contributed by atoms with Crippen LogP contribution in [0.5, 0.6) is 17.2 Å². The second-order valence-corrected chi connectivity index (χ2v) is 5.29. The van der Waals surface area contributed by atoms with Crippen LogP contribution in [0.2, 0.25) is 0 Å². The summed E-state index contributed by atoms with van der Waals surface area (Å²) in [6.45, 7) is 0. The van der Waals surface area contributed by atoms with Crippen molar-refractivity contribution in [2.75, 3.05) is 12.4 Å². The molecule has 0 aromatic heterocycles. The lowest BCUT2D eigenvalue weighted by molar-refractivity contribution is 0.102. The Hall–Kier alpha value is -2.78. The highest BCUT2D eigenvalue weighted by molar-refractivity contribution is 7.69. The number of hydrogen-bond acceptors (Lipinski definition) is 8. The Morgan fingerprint density at radius 1 is 1.09 bits per heavy atom. The van der Waals surface area contributed by atoms with Crippen LogP contribution in [0.15, 0.2) is 40.8 Å². The van der Waals surface area contributed by atoms with Crippen molar-refractivity contribution in [3.8, 4) is 17.2 Å². The second kappa shape index (κ2) is 6.99. The Morgan fingerprint density at radius 2 is 1.78 bits per heavy atom. The monoisotopic (exact) mass is 337 g/mol. The van der Waals surface area contributed by atoms with E-state index in [4.69, 9.17) is 0 Å². The molecule has 0 saturated heterocycles. The molecule has 23 heavy (non-hydrogen) atoms. The van der Waals surface area contributed by atoms with Gasteiger partial charge in [0.2, 0.25) is 0 Å². The summed E-state index contributed by atoms with van der Waals surface area (Å²) in [5.41, 5.74) is 0.339. The maximum Gasteiger partial charge on any atom is 0.255 e. The number of carbonyl (C=O) groups excluding carboxylic acids is 1. The average molecular weight is 337 g/mol. The molecular weight excluding hydrogens is 324 g/mol. The van der Waals surface area contributed by atoms with E-state index < -0.39 is 16.8 Å². The number of carbonyl (C=O) groups is 1. The van der Waals surface area contributed by atoms with Gasteiger partial charge in [0.1, 0.15) is 5.75 Å². The summed E-state index contributed by atoms with van der Waals surface area (Å²) in [6.07, 6.45) is 0. The van der Waals surface area contributed by atoms with Crippen molar-refractivity contribution >= 4 is 28.2 Å². The molecule has 1 amide bonds. The zero-order valence-electron chi connectivity index (χ0n) is 11.9. The summed E-state index contributed by atoms with van der Waals surface area (Å²) >= 11 is 0. The molecule has 0 heterocycles. The first kappa shape index (κ1) is 16.6. The minimum Gasteiger partial charge on any atom is -0.506 e. The second-order valence-electron chi connectivity index (χ2n) is 4.34. The van der Waals surface area contributed by atoms with Crippen LogP contribution in [0.25, 0.3) is 0 Å². The number of hydrogen-bond donors (Lipinski definition) is 4. The van der Waals surface area contributed by atoms with Crippen LogP contribution in [-0.4, -0.2) is 28.3 Å². The van der Waals surface area contributed by atoms with E-state index in [9.17, 15) is 24.3 Å². The average Bonchev–Trinajstić information content (AvgIpc) is 2.52. The van der Waals surface area contributed by atoms with Gasteiger partial charge in [-0.05, 0) is 30.3 Å². The lowest BCUT2D eigenvalue weighted by Crippen LogP contribution is -2.11. The third-order valence-corrected chi connectivity index (χ3v) is 3.42. The van der Waals surface area contributed by atoms with Gasteiger partial charge in [-0.2, -0.15) is 0 Å². The van der Waals surface area contributed by atoms with Crippen molar-refractivity contribution in [3.05, 3.63) is 42.0 Å². The van der Waals surface area contributed by atoms with Gasteiger partial charge in [-0.1, -0.05) is 10.9 Å². The van der Waals surface area contributed by atoms with Crippen molar-refractivity contribution in [1.29, 1.82) is 0 Å². The van der Waals surface area contributed by atoms with Gasteiger partial charge in [-0.15, -0.1) is 0 Å². The molecule has 0 aliphatic rings. The van der Waals surface area contributed by atoms with Crippen LogP contribution < -0.4 is 5.32 Å². The van der Waals surface area contributed by atoms with Gasteiger partial charge in [0.15, 0.2) is 11.5 Å². The van der Waals surface area contributed by atoms with E-state index in [0.29, 0.717) is 0 Å². The number of phenols is 3. The number of phenolic OH excluding ortho intramolecular Hbond substituents is 3. The standard InChI is InChI=1S/C14H13N2O6S/c1-22-23(21)16-10-6-8(2-4-11(10)17)14(20)15-9-3-5-12(18)13(19)7-9/h2-7,17-19H,1H3,(H,15,20)/q-1. The lowest BCUT2D eigenvalue weighted by Gasteiger charge is -2.09. The van der Waals surface area contributed by atoms with E-state index >= 15 is 0 Å². The Labute approximate surface area is 133 Å². The van der Waals surface area contributed by atoms with Crippen LogP contribution >= 0.6 is 0 Å². The summed E-state index contributed by atoms with van der Waals surface area (Å²) in [5, 5.41) is 30.8. The lowest BCUT2D eigenvalue weighted by atomic mass is 10.1. The van der Waals surface area contributed by atoms with E-state index in [-0.39, 0.29) is 34.2 Å². The minimum absolute atomic E-state index is 0.0635. The van der Waals surface area contributed by atoms with Crippen molar-refractivity contribution in [2.45, 2.75) is 0 Å². The van der Waals surface area contributed by atoms with Crippen LogP contribution in [0.4, 0.5) is 11.4 Å². The fourth-order valence-electron chi connectivity index (χ4n) is 1.66. The summed E-state index contributed by atoms with van der Waals surface area (Å²) in [4.78, 5) is 12.1. The van der Waals surface area contributed by atoms with E-state index in [0.717, 1.165) is 0 Å². The van der Waals surface area contributed by atoms with Crippen molar-refractivity contribution in [2.24, 2.45) is 4.36 Å². The first-order valence-corrected chi connectivity index (χ1v) is 7.28. The normalized spacial score (nSPS) is 12.0. The van der Waals surface area contributed by atoms with Gasteiger partial charge in [-0.3, -0.25) is 4.79 Å². The number of rotatable bonds is 4. The van der Waals surface area contributed by atoms with E-state index in [1.165, 1.54) is 43.5 Å². The Balaban J connectivity index is 2.27. The van der Waals surface area contributed by atoms with Gasteiger partial charge in [0.05, 0.1) is 5.69 Å². The fourth-order valence-corrected chi connectivity index (χ4v) is 2.04.